The van der Waals surface area contributed by atoms with Gasteiger partial charge >= 0.3 is 0 Å². The zero-order valence-corrected chi connectivity index (χ0v) is 21.6. The molecule has 5 rings (SSSR count). The van der Waals surface area contributed by atoms with E-state index in [4.69, 9.17) is 0 Å². The molecular formula is C29H31FN6O3. The largest absolute Gasteiger partial charge is 0.366 e. The molecule has 3 aromatic rings. The number of aromatic nitrogens is 1. The van der Waals surface area contributed by atoms with Crippen molar-refractivity contribution in [1.29, 1.82) is 0 Å². The molecule has 39 heavy (non-hydrogen) atoms. The van der Waals surface area contributed by atoms with E-state index in [2.05, 4.69) is 20.5 Å². The van der Waals surface area contributed by atoms with Crippen molar-refractivity contribution < 1.29 is 18.8 Å². The van der Waals surface area contributed by atoms with Crippen molar-refractivity contribution in [3.8, 4) is 0 Å². The fraction of sp³-hybridized carbons (Fsp3) is 0.310. The van der Waals surface area contributed by atoms with E-state index in [1.165, 1.54) is 24.4 Å². The van der Waals surface area contributed by atoms with Crippen LogP contribution in [-0.4, -0.2) is 84.9 Å². The fourth-order valence-electron chi connectivity index (χ4n) is 4.92. The maximum absolute atomic E-state index is 13.6. The molecule has 0 spiro atoms. The normalized spacial score (nSPS) is 16.0. The van der Waals surface area contributed by atoms with Gasteiger partial charge in [0.25, 0.3) is 17.7 Å². The molecule has 1 aromatic heterocycles. The summed E-state index contributed by atoms with van der Waals surface area (Å²) < 4.78 is 13.6. The Morgan fingerprint density at radius 3 is 2.28 bits per heavy atom. The molecule has 0 radical (unpaired) electrons. The SMILES string of the molecule is O=C(Nc1cc(C(=O)N2CCCNCC2)ccc1N1CCN(C(=O)c2cccc(F)c2)CC1)c1cccnc1. The summed E-state index contributed by atoms with van der Waals surface area (Å²) in [7, 11) is 0. The van der Waals surface area contributed by atoms with Crippen LogP contribution in [0.15, 0.2) is 67.0 Å². The van der Waals surface area contributed by atoms with E-state index in [0.29, 0.717) is 61.6 Å². The standard InChI is InChI=1S/C29H31FN6O3/c30-24-6-1-4-21(18-24)28(38)36-16-14-34(15-17-36)26-8-7-22(29(39)35-12-3-10-31-11-13-35)19-25(26)33-27(37)23-5-2-9-32-20-23/h1-2,4-9,18-20,31H,3,10-17H2,(H,33,37). The molecule has 2 aliphatic rings. The molecule has 3 heterocycles. The van der Waals surface area contributed by atoms with Crippen molar-refractivity contribution in [1.82, 2.24) is 20.1 Å². The first kappa shape index (κ1) is 26.3. The highest BCUT2D eigenvalue weighted by atomic mass is 19.1. The van der Waals surface area contributed by atoms with Crippen LogP contribution in [0.2, 0.25) is 0 Å². The quantitative estimate of drug-likeness (QED) is 0.527. The Hall–Kier alpha value is -4.31. The molecule has 202 valence electrons. The minimum Gasteiger partial charge on any atom is -0.366 e. The number of piperazine rings is 1. The second-order valence-electron chi connectivity index (χ2n) is 9.61. The molecule has 0 unspecified atom stereocenters. The summed E-state index contributed by atoms with van der Waals surface area (Å²) in [6, 6.07) is 14.4. The highest BCUT2D eigenvalue weighted by molar-refractivity contribution is 6.07. The van der Waals surface area contributed by atoms with Crippen molar-refractivity contribution in [3.63, 3.8) is 0 Å². The molecule has 3 amide bonds. The summed E-state index contributed by atoms with van der Waals surface area (Å²) in [5.74, 6) is -1.06. The molecule has 2 N–H and O–H groups in total. The van der Waals surface area contributed by atoms with Crippen LogP contribution in [0.25, 0.3) is 0 Å². The zero-order valence-electron chi connectivity index (χ0n) is 21.6. The van der Waals surface area contributed by atoms with Crippen molar-refractivity contribution in [3.05, 3.63) is 89.5 Å². The number of rotatable bonds is 5. The van der Waals surface area contributed by atoms with Gasteiger partial charge in [0, 0.05) is 69.3 Å². The Labute approximate surface area is 226 Å². The third kappa shape index (κ3) is 6.23. The monoisotopic (exact) mass is 530 g/mol. The predicted molar refractivity (Wildman–Crippen MR) is 147 cm³/mol. The Bertz CT molecular complexity index is 1340. The minimum absolute atomic E-state index is 0.0763. The predicted octanol–water partition coefficient (Wildman–Crippen LogP) is 2.87. The second-order valence-corrected chi connectivity index (χ2v) is 9.61. The first-order chi connectivity index (χ1) is 19.0. The number of carbonyl (C=O) groups excluding carboxylic acids is 3. The molecule has 2 fully saturated rings. The Kier molecular flexibility index (Phi) is 8.12. The van der Waals surface area contributed by atoms with Crippen LogP contribution in [0.5, 0.6) is 0 Å². The van der Waals surface area contributed by atoms with E-state index in [0.717, 1.165) is 25.2 Å². The van der Waals surface area contributed by atoms with Gasteiger partial charge in [-0.3, -0.25) is 19.4 Å². The number of hydrogen-bond acceptors (Lipinski definition) is 6. The first-order valence-electron chi connectivity index (χ1n) is 13.1. The summed E-state index contributed by atoms with van der Waals surface area (Å²) in [4.78, 5) is 48.9. The molecule has 0 aliphatic carbocycles. The highest BCUT2D eigenvalue weighted by Gasteiger charge is 2.26. The first-order valence-corrected chi connectivity index (χ1v) is 13.1. The van der Waals surface area contributed by atoms with Gasteiger partial charge < -0.3 is 25.3 Å². The van der Waals surface area contributed by atoms with Gasteiger partial charge in [-0.25, -0.2) is 4.39 Å². The summed E-state index contributed by atoms with van der Waals surface area (Å²) in [5, 5.41) is 6.28. The molecule has 2 aliphatic heterocycles. The molecular weight excluding hydrogens is 499 g/mol. The third-order valence-corrected chi connectivity index (χ3v) is 7.02. The number of halogens is 1. The van der Waals surface area contributed by atoms with Gasteiger partial charge in [-0.05, 0) is 61.5 Å². The number of pyridine rings is 1. The molecule has 2 aromatic carbocycles. The van der Waals surface area contributed by atoms with E-state index in [1.54, 1.807) is 41.4 Å². The number of carbonyl (C=O) groups is 3. The zero-order chi connectivity index (χ0) is 27.2. The molecule has 0 saturated carbocycles. The number of anilines is 2. The van der Waals surface area contributed by atoms with Gasteiger partial charge in [-0.1, -0.05) is 6.07 Å². The molecule has 2 saturated heterocycles. The van der Waals surface area contributed by atoms with E-state index in [-0.39, 0.29) is 17.7 Å². The van der Waals surface area contributed by atoms with Gasteiger partial charge in [-0.2, -0.15) is 0 Å². The number of nitrogens with one attached hydrogen (secondary N) is 2. The Morgan fingerprint density at radius 1 is 0.795 bits per heavy atom. The molecule has 9 nitrogen and oxygen atoms in total. The smallest absolute Gasteiger partial charge is 0.257 e. The van der Waals surface area contributed by atoms with E-state index in [1.807, 2.05) is 11.0 Å². The summed E-state index contributed by atoms with van der Waals surface area (Å²) in [5.41, 5.74) is 2.51. The van der Waals surface area contributed by atoms with Crippen LogP contribution in [0.1, 0.15) is 37.5 Å². The van der Waals surface area contributed by atoms with Gasteiger partial charge in [0.1, 0.15) is 5.82 Å². The molecule has 0 bridgehead atoms. The lowest BCUT2D eigenvalue weighted by Gasteiger charge is -2.37. The average Bonchev–Trinajstić information content (AvgIpc) is 3.27. The second kappa shape index (κ2) is 12.0. The third-order valence-electron chi connectivity index (χ3n) is 7.02. The lowest BCUT2D eigenvalue weighted by molar-refractivity contribution is 0.0743. The maximum Gasteiger partial charge on any atom is 0.257 e. The molecule has 10 heteroatoms. The van der Waals surface area contributed by atoms with E-state index >= 15 is 0 Å². The summed E-state index contributed by atoms with van der Waals surface area (Å²) in [6.07, 6.45) is 3.97. The number of amides is 3. The number of nitrogens with zero attached hydrogens (tertiary/aromatic N) is 4. The van der Waals surface area contributed by atoms with Crippen LogP contribution >= 0.6 is 0 Å². The molecule has 0 atom stereocenters. The van der Waals surface area contributed by atoms with Crippen molar-refractivity contribution in [2.24, 2.45) is 0 Å². The summed E-state index contributed by atoms with van der Waals surface area (Å²) >= 11 is 0. The minimum atomic E-state index is -0.445. The maximum atomic E-state index is 13.6. The van der Waals surface area contributed by atoms with E-state index < -0.39 is 5.82 Å². The van der Waals surface area contributed by atoms with Crippen LogP contribution in [0.3, 0.4) is 0 Å². The van der Waals surface area contributed by atoms with Crippen molar-refractivity contribution in [2.45, 2.75) is 6.42 Å². The van der Waals surface area contributed by atoms with Gasteiger partial charge in [0.2, 0.25) is 0 Å². The topological polar surface area (TPSA) is 97.9 Å². The lowest BCUT2D eigenvalue weighted by atomic mass is 10.1. The van der Waals surface area contributed by atoms with Crippen molar-refractivity contribution in [2.75, 3.05) is 62.6 Å². The number of benzene rings is 2. The van der Waals surface area contributed by atoms with Gasteiger partial charge in [0.15, 0.2) is 0 Å². The van der Waals surface area contributed by atoms with Crippen molar-refractivity contribution >= 4 is 29.1 Å². The average molecular weight is 531 g/mol. The Balaban J connectivity index is 1.36. The highest BCUT2D eigenvalue weighted by Crippen LogP contribution is 2.30. The number of hydrogen-bond donors (Lipinski definition) is 2. The van der Waals surface area contributed by atoms with Crippen LogP contribution in [0.4, 0.5) is 15.8 Å². The Morgan fingerprint density at radius 2 is 1.54 bits per heavy atom. The van der Waals surface area contributed by atoms with Crippen LogP contribution < -0.4 is 15.5 Å². The lowest BCUT2D eigenvalue weighted by Crippen LogP contribution is -2.49. The van der Waals surface area contributed by atoms with Gasteiger partial charge in [0.05, 0.1) is 16.9 Å². The summed E-state index contributed by atoms with van der Waals surface area (Å²) in [6.45, 7) is 4.82. The van der Waals surface area contributed by atoms with E-state index in [9.17, 15) is 18.8 Å². The van der Waals surface area contributed by atoms with Crippen LogP contribution in [0, 0.1) is 5.82 Å². The van der Waals surface area contributed by atoms with Gasteiger partial charge in [-0.15, -0.1) is 0 Å². The fourth-order valence-corrected chi connectivity index (χ4v) is 4.92. The van der Waals surface area contributed by atoms with Crippen LogP contribution in [-0.2, 0) is 0 Å².